The largest absolute Gasteiger partial charge is 0.394 e. The van der Waals surface area contributed by atoms with E-state index in [1.54, 1.807) is 7.11 Å². The second-order valence-corrected chi connectivity index (χ2v) is 4.40. The summed E-state index contributed by atoms with van der Waals surface area (Å²) in [7, 11) is 1.66. The van der Waals surface area contributed by atoms with Gasteiger partial charge in [-0.15, -0.1) is 0 Å². The molecule has 0 aromatic carbocycles. The minimum Gasteiger partial charge on any atom is -0.394 e. The van der Waals surface area contributed by atoms with E-state index in [0.717, 1.165) is 0 Å². The molecule has 0 fully saturated rings. The summed E-state index contributed by atoms with van der Waals surface area (Å²) in [4.78, 5) is 0. The fourth-order valence-electron chi connectivity index (χ4n) is 1.44. The van der Waals surface area contributed by atoms with Crippen molar-refractivity contribution in [2.45, 2.75) is 38.8 Å². The summed E-state index contributed by atoms with van der Waals surface area (Å²) >= 11 is 0. The second kappa shape index (κ2) is 7.17. The van der Waals surface area contributed by atoms with Gasteiger partial charge >= 0.3 is 0 Å². The first-order valence-electron chi connectivity index (χ1n) is 5.53. The lowest BCUT2D eigenvalue weighted by molar-refractivity contribution is 0.0515. The van der Waals surface area contributed by atoms with Gasteiger partial charge in [-0.1, -0.05) is 20.8 Å². The van der Waals surface area contributed by atoms with Crippen LogP contribution in [0.1, 0.15) is 27.2 Å². The number of ether oxygens (including phenoxy) is 1. The van der Waals surface area contributed by atoms with Gasteiger partial charge in [0.1, 0.15) is 0 Å². The van der Waals surface area contributed by atoms with Crippen molar-refractivity contribution < 1.29 is 14.9 Å². The minimum atomic E-state index is -0.590. The lowest BCUT2D eigenvalue weighted by atomic mass is 9.94. The highest BCUT2D eigenvalue weighted by Gasteiger charge is 2.30. The zero-order valence-corrected chi connectivity index (χ0v) is 10.3. The van der Waals surface area contributed by atoms with Crippen LogP contribution in [0.25, 0.3) is 0 Å². The molecule has 1 atom stereocenters. The monoisotopic (exact) mass is 219 g/mol. The Morgan fingerprint density at radius 2 is 1.80 bits per heavy atom. The molecular weight excluding hydrogens is 194 g/mol. The smallest absolute Gasteiger partial charge is 0.0648 e. The molecule has 1 unspecified atom stereocenters. The maximum Gasteiger partial charge on any atom is 0.0648 e. The zero-order valence-electron chi connectivity index (χ0n) is 10.3. The Morgan fingerprint density at radius 3 is 2.07 bits per heavy atom. The van der Waals surface area contributed by atoms with E-state index < -0.39 is 5.54 Å². The van der Waals surface area contributed by atoms with Crippen molar-refractivity contribution in [2.75, 3.05) is 26.9 Å². The number of hydrogen-bond acceptors (Lipinski definition) is 4. The molecule has 0 saturated carbocycles. The topological polar surface area (TPSA) is 61.7 Å². The molecule has 0 amide bonds. The van der Waals surface area contributed by atoms with Gasteiger partial charge in [0, 0.05) is 13.2 Å². The Labute approximate surface area is 92.6 Å². The number of hydrogen-bond donors (Lipinski definition) is 3. The maximum absolute atomic E-state index is 9.31. The molecule has 0 aromatic heterocycles. The molecule has 0 aromatic rings. The van der Waals surface area contributed by atoms with Crippen LogP contribution in [0.2, 0.25) is 0 Å². The maximum atomic E-state index is 9.31. The molecule has 4 heteroatoms. The molecule has 0 bridgehead atoms. The van der Waals surface area contributed by atoms with Crippen LogP contribution in [0.4, 0.5) is 0 Å². The third-order valence-electron chi connectivity index (χ3n) is 2.92. The highest BCUT2D eigenvalue weighted by Crippen LogP contribution is 2.13. The molecule has 4 nitrogen and oxygen atoms in total. The molecule has 3 N–H and O–H groups in total. The molecule has 0 aliphatic heterocycles. The number of aliphatic hydroxyl groups is 2. The summed E-state index contributed by atoms with van der Waals surface area (Å²) in [5.74, 6) is 0.397. The summed E-state index contributed by atoms with van der Waals surface area (Å²) in [5, 5.41) is 21.9. The van der Waals surface area contributed by atoms with E-state index >= 15 is 0 Å². The standard InChI is InChI=1S/C11H25NO3/c1-5-11(7-13,8-14)12-10(6-15-4)9(2)3/h9-10,12-14H,5-8H2,1-4H3. The van der Waals surface area contributed by atoms with Crippen LogP contribution in [0.15, 0.2) is 0 Å². The predicted molar refractivity (Wildman–Crippen MR) is 60.8 cm³/mol. The van der Waals surface area contributed by atoms with Crippen LogP contribution in [-0.4, -0.2) is 48.7 Å². The van der Waals surface area contributed by atoms with Crippen molar-refractivity contribution in [3.8, 4) is 0 Å². The van der Waals surface area contributed by atoms with Crippen LogP contribution in [-0.2, 0) is 4.74 Å². The zero-order chi connectivity index (χ0) is 11.9. The van der Waals surface area contributed by atoms with Crippen LogP contribution in [0, 0.1) is 5.92 Å². The minimum absolute atomic E-state index is 0.0626. The molecule has 15 heavy (non-hydrogen) atoms. The van der Waals surface area contributed by atoms with E-state index in [-0.39, 0.29) is 19.3 Å². The van der Waals surface area contributed by atoms with E-state index in [2.05, 4.69) is 19.2 Å². The second-order valence-electron chi connectivity index (χ2n) is 4.40. The van der Waals surface area contributed by atoms with Gasteiger partial charge in [0.15, 0.2) is 0 Å². The van der Waals surface area contributed by atoms with Gasteiger partial charge in [0.05, 0.1) is 25.4 Å². The molecule has 0 rings (SSSR count). The van der Waals surface area contributed by atoms with Crippen LogP contribution >= 0.6 is 0 Å². The Morgan fingerprint density at radius 1 is 1.27 bits per heavy atom. The van der Waals surface area contributed by atoms with Gasteiger partial charge in [0.25, 0.3) is 0 Å². The molecule has 0 aliphatic carbocycles. The van der Waals surface area contributed by atoms with Gasteiger partial charge in [0.2, 0.25) is 0 Å². The van der Waals surface area contributed by atoms with Crippen molar-refractivity contribution in [1.29, 1.82) is 0 Å². The van der Waals surface area contributed by atoms with Gasteiger partial charge < -0.3 is 20.3 Å². The third kappa shape index (κ3) is 4.47. The van der Waals surface area contributed by atoms with Crippen molar-refractivity contribution in [2.24, 2.45) is 5.92 Å². The van der Waals surface area contributed by atoms with Gasteiger partial charge in [-0.05, 0) is 12.3 Å². The normalized spacial score (nSPS) is 14.6. The summed E-state index contributed by atoms with van der Waals surface area (Å²) in [6.45, 7) is 6.58. The first-order valence-corrected chi connectivity index (χ1v) is 5.53. The van der Waals surface area contributed by atoms with E-state index in [0.29, 0.717) is 18.9 Å². The Kier molecular flexibility index (Phi) is 7.09. The molecule has 0 radical (unpaired) electrons. The molecule has 0 spiro atoms. The van der Waals surface area contributed by atoms with Crippen molar-refractivity contribution >= 4 is 0 Å². The first kappa shape index (κ1) is 14.8. The summed E-state index contributed by atoms with van der Waals surface area (Å²) in [6.07, 6.45) is 0.687. The van der Waals surface area contributed by atoms with Crippen molar-refractivity contribution in [3.05, 3.63) is 0 Å². The molecule has 0 heterocycles. The van der Waals surface area contributed by atoms with E-state index in [9.17, 15) is 10.2 Å². The highest BCUT2D eigenvalue weighted by atomic mass is 16.5. The highest BCUT2D eigenvalue weighted by molar-refractivity contribution is 4.89. The number of rotatable bonds is 8. The first-order chi connectivity index (χ1) is 7.05. The molecule has 0 aliphatic rings. The fourth-order valence-corrected chi connectivity index (χ4v) is 1.44. The summed E-state index contributed by atoms with van der Waals surface area (Å²) in [5.41, 5.74) is -0.590. The average Bonchev–Trinajstić information content (AvgIpc) is 2.24. The average molecular weight is 219 g/mol. The Bertz CT molecular complexity index is 150. The third-order valence-corrected chi connectivity index (χ3v) is 2.92. The number of aliphatic hydroxyl groups excluding tert-OH is 2. The summed E-state index contributed by atoms with van der Waals surface area (Å²) < 4.78 is 5.12. The Balaban J connectivity index is 4.45. The van der Waals surface area contributed by atoms with Crippen LogP contribution in [0.5, 0.6) is 0 Å². The SMILES string of the molecule is CCC(CO)(CO)NC(COC)C(C)C. The molecule has 92 valence electrons. The van der Waals surface area contributed by atoms with Gasteiger partial charge in [-0.25, -0.2) is 0 Å². The van der Waals surface area contributed by atoms with Crippen LogP contribution in [0.3, 0.4) is 0 Å². The lowest BCUT2D eigenvalue weighted by Crippen LogP contribution is -2.57. The van der Waals surface area contributed by atoms with Gasteiger partial charge in [-0.2, -0.15) is 0 Å². The van der Waals surface area contributed by atoms with Crippen molar-refractivity contribution in [1.82, 2.24) is 5.32 Å². The van der Waals surface area contributed by atoms with E-state index in [1.165, 1.54) is 0 Å². The van der Waals surface area contributed by atoms with E-state index in [4.69, 9.17) is 4.74 Å². The fraction of sp³-hybridized carbons (Fsp3) is 1.00. The quantitative estimate of drug-likeness (QED) is 0.552. The lowest BCUT2D eigenvalue weighted by Gasteiger charge is -2.36. The van der Waals surface area contributed by atoms with Crippen molar-refractivity contribution in [3.63, 3.8) is 0 Å². The Hall–Kier alpha value is -0.160. The van der Waals surface area contributed by atoms with E-state index in [1.807, 2.05) is 6.92 Å². The van der Waals surface area contributed by atoms with Crippen LogP contribution < -0.4 is 5.32 Å². The molecule has 0 saturated heterocycles. The number of methoxy groups -OCH3 is 1. The summed E-state index contributed by atoms with van der Waals surface area (Å²) in [6, 6.07) is 0.147. The number of nitrogens with one attached hydrogen (secondary N) is 1. The predicted octanol–water partition coefficient (Wildman–Crippen LogP) is 0.380. The van der Waals surface area contributed by atoms with Gasteiger partial charge in [-0.3, -0.25) is 0 Å². The molecular formula is C11H25NO3.